The number of hydrogen-bond acceptors (Lipinski definition) is 6. The molecule has 0 saturated heterocycles. The number of ether oxygens (including phenoxy) is 1. The van der Waals surface area contributed by atoms with Crippen LogP contribution in [0.15, 0.2) is 30.3 Å². The fourth-order valence-electron chi connectivity index (χ4n) is 1.19. The van der Waals surface area contributed by atoms with Crippen molar-refractivity contribution >= 4 is 22.4 Å². The van der Waals surface area contributed by atoms with E-state index in [0.717, 1.165) is 5.75 Å². The Labute approximate surface area is 108 Å². The minimum atomic E-state index is -0.290. The molecule has 0 radical (unpaired) electrons. The standard InChI is InChI=1S/C11H12N4O2S/c12-6-9(16)13-11-15-14-10(18-11)7-17-8-4-2-1-3-5-8/h1-5H,6-7,12H2,(H,13,15,16). The van der Waals surface area contributed by atoms with E-state index in [-0.39, 0.29) is 12.5 Å². The van der Waals surface area contributed by atoms with Gasteiger partial charge < -0.3 is 10.5 Å². The van der Waals surface area contributed by atoms with E-state index in [1.54, 1.807) is 0 Å². The number of benzene rings is 1. The highest BCUT2D eigenvalue weighted by Crippen LogP contribution is 2.17. The maximum Gasteiger partial charge on any atom is 0.239 e. The van der Waals surface area contributed by atoms with Crippen molar-refractivity contribution < 1.29 is 9.53 Å². The molecule has 0 aliphatic heterocycles. The van der Waals surface area contributed by atoms with E-state index >= 15 is 0 Å². The number of carbonyl (C=O) groups excluding carboxylic acids is 1. The van der Waals surface area contributed by atoms with Crippen LogP contribution in [0.25, 0.3) is 0 Å². The number of aromatic nitrogens is 2. The van der Waals surface area contributed by atoms with Crippen molar-refractivity contribution in [2.45, 2.75) is 6.61 Å². The lowest BCUT2D eigenvalue weighted by atomic mass is 10.3. The molecule has 0 aliphatic rings. The molecule has 0 fully saturated rings. The van der Waals surface area contributed by atoms with Gasteiger partial charge in [0.2, 0.25) is 11.0 Å². The monoisotopic (exact) mass is 264 g/mol. The Balaban J connectivity index is 1.89. The molecule has 2 aromatic rings. The number of nitrogens with two attached hydrogens (primary N) is 1. The summed E-state index contributed by atoms with van der Waals surface area (Å²) in [4.78, 5) is 11.0. The van der Waals surface area contributed by atoms with Crippen LogP contribution in [-0.2, 0) is 11.4 Å². The van der Waals surface area contributed by atoms with Crippen molar-refractivity contribution in [3.63, 3.8) is 0 Å². The lowest BCUT2D eigenvalue weighted by molar-refractivity contribution is -0.114. The average Bonchev–Trinajstić information content (AvgIpc) is 2.85. The van der Waals surface area contributed by atoms with Crippen molar-refractivity contribution in [2.75, 3.05) is 11.9 Å². The first-order valence-electron chi connectivity index (χ1n) is 5.28. The highest BCUT2D eigenvalue weighted by molar-refractivity contribution is 7.15. The van der Waals surface area contributed by atoms with E-state index < -0.39 is 0 Å². The third-order valence-corrected chi connectivity index (χ3v) is 2.82. The zero-order valence-electron chi connectivity index (χ0n) is 9.50. The molecule has 1 amide bonds. The molecular formula is C11H12N4O2S. The van der Waals surface area contributed by atoms with E-state index in [1.807, 2.05) is 30.3 Å². The molecule has 18 heavy (non-hydrogen) atoms. The van der Waals surface area contributed by atoms with Gasteiger partial charge in [-0.05, 0) is 12.1 Å². The number of nitrogens with zero attached hydrogens (tertiary/aromatic N) is 2. The molecule has 0 aliphatic carbocycles. The van der Waals surface area contributed by atoms with Gasteiger partial charge in [-0.3, -0.25) is 10.1 Å². The highest BCUT2D eigenvalue weighted by atomic mass is 32.1. The predicted octanol–water partition coefficient (Wildman–Crippen LogP) is 1.01. The summed E-state index contributed by atoms with van der Waals surface area (Å²) >= 11 is 1.26. The molecule has 1 heterocycles. The molecule has 0 bridgehead atoms. The van der Waals surface area contributed by atoms with Gasteiger partial charge in [0.15, 0.2) is 5.01 Å². The first-order valence-corrected chi connectivity index (χ1v) is 6.09. The van der Waals surface area contributed by atoms with Crippen LogP contribution in [0.5, 0.6) is 5.75 Å². The Hall–Kier alpha value is -1.99. The second-order valence-corrected chi connectivity index (χ2v) is 4.42. The fourth-order valence-corrected chi connectivity index (χ4v) is 1.86. The number of carbonyl (C=O) groups is 1. The average molecular weight is 264 g/mol. The van der Waals surface area contributed by atoms with Crippen LogP contribution in [0.4, 0.5) is 5.13 Å². The van der Waals surface area contributed by atoms with Crippen LogP contribution < -0.4 is 15.8 Å². The molecule has 0 unspecified atom stereocenters. The van der Waals surface area contributed by atoms with Crippen LogP contribution in [0.3, 0.4) is 0 Å². The van der Waals surface area contributed by atoms with Gasteiger partial charge in [-0.25, -0.2) is 0 Å². The van der Waals surface area contributed by atoms with Gasteiger partial charge in [-0.1, -0.05) is 29.5 Å². The van der Waals surface area contributed by atoms with E-state index in [0.29, 0.717) is 16.7 Å². The quantitative estimate of drug-likeness (QED) is 0.841. The Morgan fingerprint density at radius 2 is 2.11 bits per heavy atom. The number of amides is 1. The number of para-hydroxylation sites is 1. The second-order valence-electron chi connectivity index (χ2n) is 3.35. The molecule has 94 valence electrons. The zero-order valence-corrected chi connectivity index (χ0v) is 10.3. The number of anilines is 1. The van der Waals surface area contributed by atoms with Gasteiger partial charge in [0.05, 0.1) is 6.54 Å². The summed E-state index contributed by atoms with van der Waals surface area (Å²) in [7, 11) is 0. The summed E-state index contributed by atoms with van der Waals surface area (Å²) in [6, 6.07) is 9.42. The van der Waals surface area contributed by atoms with Crippen molar-refractivity contribution in [3.05, 3.63) is 35.3 Å². The molecule has 0 spiro atoms. The molecular weight excluding hydrogens is 252 g/mol. The summed E-state index contributed by atoms with van der Waals surface area (Å²) in [6.07, 6.45) is 0. The number of hydrogen-bond donors (Lipinski definition) is 2. The lowest BCUT2D eigenvalue weighted by Crippen LogP contribution is -2.21. The first-order chi connectivity index (χ1) is 8.78. The fraction of sp³-hybridized carbons (Fsp3) is 0.182. The van der Waals surface area contributed by atoms with Gasteiger partial charge in [-0.15, -0.1) is 10.2 Å². The van der Waals surface area contributed by atoms with Crippen molar-refractivity contribution in [2.24, 2.45) is 5.73 Å². The maximum absolute atomic E-state index is 11.0. The minimum Gasteiger partial charge on any atom is -0.486 e. The van der Waals surface area contributed by atoms with Crippen LogP contribution in [0.1, 0.15) is 5.01 Å². The Morgan fingerprint density at radius 1 is 1.33 bits per heavy atom. The number of nitrogens with one attached hydrogen (secondary N) is 1. The molecule has 1 aromatic carbocycles. The van der Waals surface area contributed by atoms with Gasteiger partial charge in [0.25, 0.3) is 0 Å². The summed E-state index contributed by atoms with van der Waals surface area (Å²) in [6.45, 7) is 0.246. The second kappa shape index (κ2) is 6.08. The van der Waals surface area contributed by atoms with Crippen LogP contribution in [-0.4, -0.2) is 22.6 Å². The van der Waals surface area contributed by atoms with Gasteiger partial charge >= 0.3 is 0 Å². The summed E-state index contributed by atoms with van der Waals surface area (Å²) in [5, 5.41) is 11.4. The molecule has 3 N–H and O–H groups in total. The maximum atomic E-state index is 11.0. The zero-order chi connectivity index (χ0) is 12.8. The van der Waals surface area contributed by atoms with Crippen LogP contribution in [0.2, 0.25) is 0 Å². The molecule has 7 heteroatoms. The van der Waals surface area contributed by atoms with Crippen molar-refractivity contribution in [3.8, 4) is 5.75 Å². The van der Waals surface area contributed by atoms with E-state index in [2.05, 4.69) is 15.5 Å². The summed E-state index contributed by atoms with van der Waals surface area (Å²) < 4.78 is 5.51. The smallest absolute Gasteiger partial charge is 0.239 e. The molecule has 0 atom stereocenters. The summed E-state index contributed by atoms with van der Waals surface area (Å²) in [5.74, 6) is 0.474. The molecule has 1 aromatic heterocycles. The third kappa shape index (κ3) is 3.51. The van der Waals surface area contributed by atoms with E-state index in [4.69, 9.17) is 10.5 Å². The summed E-state index contributed by atoms with van der Waals surface area (Å²) in [5.41, 5.74) is 5.18. The van der Waals surface area contributed by atoms with Crippen LogP contribution in [0, 0.1) is 0 Å². The highest BCUT2D eigenvalue weighted by Gasteiger charge is 2.07. The molecule has 0 saturated carbocycles. The van der Waals surface area contributed by atoms with E-state index in [1.165, 1.54) is 11.3 Å². The van der Waals surface area contributed by atoms with Gasteiger partial charge in [-0.2, -0.15) is 0 Å². The van der Waals surface area contributed by atoms with Crippen LogP contribution >= 0.6 is 11.3 Å². The third-order valence-electron chi connectivity index (χ3n) is 2.00. The minimum absolute atomic E-state index is 0.0740. The Morgan fingerprint density at radius 3 is 2.83 bits per heavy atom. The predicted molar refractivity (Wildman–Crippen MR) is 68.4 cm³/mol. The van der Waals surface area contributed by atoms with Gasteiger partial charge in [0, 0.05) is 0 Å². The topological polar surface area (TPSA) is 90.1 Å². The van der Waals surface area contributed by atoms with E-state index in [9.17, 15) is 4.79 Å². The molecule has 2 rings (SSSR count). The first kappa shape index (κ1) is 12.5. The van der Waals surface area contributed by atoms with Crippen molar-refractivity contribution in [1.82, 2.24) is 10.2 Å². The Kier molecular flexibility index (Phi) is 4.21. The Bertz CT molecular complexity index is 515. The lowest BCUT2D eigenvalue weighted by Gasteiger charge is -2.01. The van der Waals surface area contributed by atoms with Crippen molar-refractivity contribution in [1.29, 1.82) is 0 Å². The normalized spacial score (nSPS) is 10.1. The number of rotatable bonds is 5. The van der Waals surface area contributed by atoms with Gasteiger partial charge in [0.1, 0.15) is 12.4 Å². The molecule has 6 nitrogen and oxygen atoms in total. The SMILES string of the molecule is NCC(=O)Nc1nnc(COc2ccccc2)s1. The largest absolute Gasteiger partial charge is 0.486 e.